The van der Waals surface area contributed by atoms with Gasteiger partial charge in [-0.1, -0.05) is 18.7 Å². The van der Waals surface area contributed by atoms with E-state index in [1.165, 1.54) is 11.3 Å². The first-order valence-corrected chi connectivity index (χ1v) is 12.6. The molecule has 0 saturated carbocycles. The fraction of sp³-hybridized carbons (Fsp3) is 0.310. The molecule has 0 unspecified atom stereocenters. The predicted molar refractivity (Wildman–Crippen MR) is 150 cm³/mol. The van der Waals surface area contributed by atoms with Crippen LogP contribution in [0.4, 0.5) is 5.69 Å². The van der Waals surface area contributed by atoms with E-state index in [1.807, 2.05) is 18.5 Å². The molecular formula is C29H35N7. The lowest BCUT2D eigenvalue weighted by Gasteiger charge is -2.35. The van der Waals surface area contributed by atoms with Crippen molar-refractivity contribution in [2.24, 2.45) is 0 Å². The number of anilines is 1. The number of likely N-dealkylation sites (N-methyl/N-ethyl adjacent to an activating group) is 1. The van der Waals surface area contributed by atoms with E-state index in [1.54, 1.807) is 0 Å². The van der Waals surface area contributed by atoms with E-state index < -0.39 is 0 Å². The number of aryl methyl sites for hydroxylation is 1. The zero-order valence-corrected chi connectivity index (χ0v) is 21.6. The van der Waals surface area contributed by atoms with E-state index in [2.05, 4.69) is 101 Å². The zero-order chi connectivity index (χ0) is 25.2. The Morgan fingerprint density at radius 1 is 1.08 bits per heavy atom. The van der Waals surface area contributed by atoms with Crippen molar-refractivity contribution in [3.05, 3.63) is 72.7 Å². The van der Waals surface area contributed by atoms with Crippen molar-refractivity contribution in [2.45, 2.75) is 26.8 Å². The number of aromatic amines is 2. The fourth-order valence-electron chi connectivity index (χ4n) is 4.89. The standard InChI is InChI=1S/C29H35N7/c1-6-7-28(36-12-10-35(5)11-13-36)24-16-27(32-20(24)4)29-25-15-21(8-9-26(25)33-34-29)22-14-23(18-30-17-22)31-19(2)3/h6-9,14-19,31-32H,1,10-13H2,2-5H3,(H,33,34)/b28-7+. The molecule has 7 heteroatoms. The van der Waals surface area contributed by atoms with Crippen LogP contribution >= 0.6 is 0 Å². The lowest BCUT2D eigenvalue weighted by atomic mass is 10.0. The van der Waals surface area contributed by atoms with Crippen molar-refractivity contribution in [2.75, 3.05) is 38.5 Å². The SMILES string of the molecule is C=C/C=C(\c1cc(-c2n[nH]c3ccc(-c4cncc(NC(C)C)c4)cc23)[nH]c1C)N1CCN(C)CC1. The largest absolute Gasteiger partial charge is 0.382 e. The van der Waals surface area contributed by atoms with Gasteiger partial charge in [0.1, 0.15) is 5.69 Å². The number of nitrogens with zero attached hydrogens (tertiary/aromatic N) is 4. The van der Waals surface area contributed by atoms with E-state index in [0.717, 1.165) is 71.0 Å². The highest BCUT2D eigenvalue weighted by atomic mass is 15.3. The van der Waals surface area contributed by atoms with Gasteiger partial charge >= 0.3 is 0 Å². The van der Waals surface area contributed by atoms with Gasteiger partial charge in [0.2, 0.25) is 0 Å². The Balaban J connectivity index is 1.51. The van der Waals surface area contributed by atoms with Gasteiger partial charge in [0.25, 0.3) is 0 Å². The topological polar surface area (TPSA) is 75.9 Å². The van der Waals surface area contributed by atoms with Crippen LogP contribution in [0.25, 0.3) is 39.1 Å². The number of pyridine rings is 1. The molecule has 0 amide bonds. The van der Waals surface area contributed by atoms with Crippen LogP contribution in [0.1, 0.15) is 25.1 Å². The van der Waals surface area contributed by atoms with E-state index >= 15 is 0 Å². The van der Waals surface area contributed by atoms with Crippen LogP contribution in [0.2, 0.25) is 0 Å². The van der Waals surface area contributed by atoms with Crippen molar-refractivity contribution in [3.63, 3.8) is 0 Å². The molecule has 1 aromatic carbocycles. The average Bonchev–Trinajstić information content (AvgIpc) is 3.45. The summed E-state index contributed by atoms with van der Waals surface area (Å²) in [5, 5.41) is 12.4. The van der Waals surface area contributed by atoms with Gasteiger partial charge < -0.3 is 20.1 Å². The number of benzene rings is 1. The highest BCUT2D eigenvalue weighted by Crippen LogP contribution is 2.34. The van der Waals surface area contributed by atoms with Crippen LogP contribution in [0.15, 0.2) is 61.5 Å². The lowest BCUT2D eigenvalue weighted by molar-refractivity contribution is 0.207. The molecule has 5 rings (SSSR count). The van der Waals surface area contributed by atoms with Crippen molar-refractivity contribution < 1.29 is 0 Å². The molecule has 0 bridgehead atoms. The third-order valence-corrected chi connectivity index (χ3v) is 6.76. The Morgan fingerprint density at radius 2 is 1.89 bits per heavy atom. The summed E-state index contributed by atoms with van der Waals surface area (Å²) in [5.74, 6) is 0. The number of fused-ring (bicyclic) bond motifs is 1. The molecule has 36 heavy (non-hydrogen) atoms. The van der Waals surface area contributed by atoms with Crippen molar-refractivity contribution in [1.82, 2.24) is 30.0 Å². The summed E-state index contributed by atoms with van der Waals surface area (Å²) >= 11 is 0. The van der Waals surface area contributed by atoms with Gasteiger partial charge in [-0.15, -0.1) is 0 Å². The smallest absolute Gasteiger partial charge is 0.116 e. The summed E-state index contributed by atoms with van der Waals surface area (Å²) in [6.45, 7) is 14.5. The molecule has 1 aliphatic rings. The minimum atomic E-state index is 0.348. The van der Waals surface area contributed by atoms with Gasteiger partial charge in [-0.25, -0.2) is 0 Å². The molecule has 0 aliphatic carbocycles. The summed E-state index contributed by atoms with van der Waals surface area (Å²) in [6, 6.07) is 11.1. The number of H-pyrrole nitrogens is 2. The average molecular weight is 482 g/mol. The Bertz CT molecular complexity index is 1400. The third kappa shape index (κ3) is 4.79. The number of piperazine rings is 1. The highest BCUT2D eigenvalue weighted by molar-refractivity contribution is 5.95. The molecule has 1 saturated heterocycles. The first kappa shape index (κ1) is 23.9. The van der Waals surface area contributed by atoms with Crippen LogP contribution in [0.5, 0.6) is 0 Å². The van der Waals surface area contributed by atoms with Crippen LogP contribution in [0, 0.1) is 6.92 Å². The van der Waals surface area contributed by atoms with Gasteiger partial charge in [0.15, 0.2) is 0 Å². The summed E-state index contributed by atoms with van der Waals surface area (Å²) in [4.78, 5) is 12.9. The van der Waals surface area contributed by atoms with E-state index in [4.69, 9.17) is 5.10 Å². The summed E-state index contributed by atoms with van der Waals surface area (Å²) in [6.07, 6.45) is 7.78. The molecule has 7 nitrogen and oxygen atoms in total. The second-order valence-corrected chi connectivity index (χ2v) is 9.89. The van der Waals surface area contributed by atoms with Gasteiger partial charge in [-0.2, -0.15) is 5.10 Å². The van der Waals surface area contributed by atoms with Gasteiger partial charge in [-0.3, -0.25) is 10.1 Å². The number of allylic oxidation sites excluding steroid dienone is 2. The maximum atomic E-state index is 4.70. The second-order valence-electron chi connectivity index (χ2n) is 9.89. The highest BCUT2D eigenvalue weighted by Gasteiger charge is 2.21. The molecule has 0 spiro atoms. The minimum absolute atomic E-state index is 0.348. The lowest BCUT2D eigenvalue weighted by Crippen LogP contribution is -2.43. The monoisotopic (exact) mass is 481 g/mol. The predicted octanol–water partition coefficient (Wildman–Crippen LogP) is 5.52. The molecule has 0 radical (unpaired) electrons. The van der Waals surface area contributed by atoms with Crippen LogP contribution in [-0.2, 0) is 0 Å². The summed E-state index contributed by atoms with van der Waals surface area (Å²) < 4.78 is 0. The molecule has 4 aromatic rings. The molecule has 4 heterocycles. The zero-order valence-electron chi connectivity index (χ0n) is 21.6. The summed E-state index contributed by atoms with van der Waals surface area (Å²) in [5.41, 5.74) is 9.66. The van der Waals surface area contributed by atoms with E-state index in [0.29, 0.717) is 6.04 Å². The normalized spacial score (nSPS) is 15.1. The molecule has 186 valence electrons. The Labute approximate surface area is 212 Å². The number of nitrogens with one attached hydrogen (secondary N) is 3. The first-order chi connectivity index (χ1) is 17.4. The number of hydrogen-bond acceptors (Lipinski definition) is 5. The third-order valence-electron chi connectivity index (χ3n) is 6.76. The van der Waals surface area contributed by atoms with Crippen molar-refractivity contribution >= 4 is 22.3 Å². The van der Waals surface area contributed by atoms with Crippen LogP contribution in [-0.4, -0.2) is 69.2 Å². The molecule has 3 N–H and O–H groups in total. The van der Waals surface area contributed by atoms with Crippen molar-refractivity contribution in [3.8, 4) is 22.5 Å². The summed E-state index contributed by atoms with van der Waals surface area (Å²) in [7, 11) is 2.18. The van der Waals surface area contributed by atoms with E-state index in [-0.39, 0.29) is 0 Å². The fourth-order valence-corrected chi connectivity index (χ4v) is 4.89. The van der Waals surface area contributed by atoms with E-state index in [9.17, 15) is 0 Å². The molecule has 3 aromatic heterocycles. The molecule has 1 fully saturated rings. The first-order valence-electron chi connectivity index (χ1n) is 12.6. The second kappa shape index (κ2) is 10.0. The van der Waals surface area contributed by atoms with Gasteiger partial charge in [-0.05, 0) is 63.7 Å². The Morgan fingerprint density at radius 3 is 2.64 bits per heavy atom. The van der Waals surface area contributed by atoms with Gasteiger partial charge in [0.05, 0.1) is 16.9 Å². The maximum Gasteiger partial charge on any atom is 0.116 e. The van der Waals surface area contributed by atoms with Crippen LogP contribution in [0.3, 0.4) is 0 Å². The van der Waals surface area contributed by atoms with Gasteiger partial charge in [0, 0.05) is 72.5 Å². The molecule has 0 atom stereocenters. The molecular weight excluding hydrogens is 446 g/mol. The quantitative estimate of drug-likeness (QED) is 0.303. The maximum absolute atomic E-state index is 4.70. The Hall–Kier alpha value is -3.84. The number of aromatic nitrogens is 4. The van der Waals surface area contributed by atoms with Crippen LogP contribution < -0.4 is 5.32 Å². The van der Waals surface area contributed by atoms with Crippen molar-refractivity contribution in [1.29, 1.82) is 0 Å². The minimum Gasteiger partial charge on any atom is -0.382 e. The molecule has 1 aliphatic heterocycles. The number of hydrogen-bond donors (Lipinski definition) is 3. The number of rotatable bonds is 7. The Kier molecular flexibility index (Phi) is 6.65.